The lowest BCUT2D eigenvalue weighted by atomic mass is 10.1. The number of rotatable bonds is 4. The van der Waals surface area contributed by atoms with Gasteiger partial charge in [0.1, 0.15) is 5.02 Å². The number of nitrogens with zero attached hydrogens (tertiary/aromatic N) is 1. The van der Waals surface area contributed by atoms with Crippen LogP contribution >= 0.6 is 22.9 Å². The molecule has 20 heavy (non-hydrogen) atoms. The maximum atomic E-state index is 12.1. The molecular formula is C13H11ClN2O3S. The van der Waals surface area contributed by atoms with E-state index in [1.807, 2.05) is 23.8 Å². The summed E-state index contributed by atoms with van der Waals surface area (Å²) in [5.74, 6) is -0.433. The number of carbonyl (C=O) groups is 1. The van der Waals surface area contributed by atoms with Crippen molar-refractivity contribution in [1.82, 2.24) is 5.32 Å². The van der Waals surface area contributed by atoms with E-state index in [1.165, 1.54) is 29.5 Å². The highest BCUT2D eigenvalue weighted by Crippen LogP contribution is 2.28. The molecule has 1 amide bonds. The third-order valence-electron chi connectivity index (χ3n) is 2.81. The Morgan fingerprint density at radius 1 is 1.45 bits per heavy atom. The Kier molecular flexibility index (Phi) is 4.36. The SMILES string of the molecule is CC(NC(=O)c1cccc([N+](=O)[O-])c1Cl)c1ccsc1. The summed E-state index contributed by atoms with van der Waals surface area (Å²) in [4.78, 5) is 22.3. The molecule has 0 aliphatic rings. The second kappa shape index (κ2) is 6.02. The Labute approximate surface area is 124 Å². The van der Waals surface area contributed by atoms with Gasteiger partial charge in [-0.3, -0.25) is 14.9 Å². The Bertz CT molecular complexity index is 643. The summed E-state index contributed by atoms with van der Waals surface area (Å²) in [6.07, 6.45) is 0. The van der Waals surface area contributed by atoms with Gasteiger partial charge >= 0.3 is 0 Å². The second-order valence-electron chi connectivity index (χ2n) is 4.15. The molecule has 1 unspecified atom stereocenters. The van der Waals surface area contributed by atoms with Crippen molar-refractivity contribution in [2.75, 3.05) is 0 Å². The normalized spacial score (nSPS) is 11.9. The molecule has 0 aliphatic carbocycles. The second-order valence-corrected chi connectivity index (χ2v) is 5.31. The summed E-state index contributed by atoms with van der Waals surface area (Å²) < 4.78 is 0. The quantitative estimate of drug-likeness (QED) is 0.689. The number of hydrogen-bond donors (Lipinski definition) is 1. The Balaban J connectivity index is 2.22. The number of hydrogen-bond acceptors (Lipinski definition) is 4. The molecule has 5 nitrogen and oxygen atoms in total. The molecule has 0 saturated carbocycles. The van der Waals surface area contributed by atoms with Crippen molar-refractivity contribution in [2.45, 2.75) is 13.0 Å². The minimum atomic E-state index is -0.610. The minimum Gasteiger partial charge on any atom is -0.345 e. The lowest BCUT2D eigenvalue weighted by Crippen LogP contribution is -2.26. The zero-order valence-electron chi connectivity index (χ0n) is 10.5. The number of carbonyl (C=O) groups excluding carboxylic acids is 1. The fourth-order valence-corrected chi connectivity index (χ4v) is 2.75. The van der Waals surface area contributed by atoms with Crippen molar-refractivity contribution in [3.05, 3.63) is 61.3 Å². The van der Waals surface area contributed by atoms with Crippen LogP contribution in [-0.4, -0.2) is 10.8 Å². The molecule has 0 aliphatic heterocycles. The lowest BCUT2D eigenvalue weighted by molar-refractivity contribution is -0.384. The van der Waals surface area contributed by atoms with Gasteiger partial charge in [0, 0.05) is 6.07 Å². The third-order valence-corrected chi connectivity index (χ3v) is 3.91. The van der Waals surface area contributed by atoms with Crippen molar-refractivity contribution in [3.8, 4) is 0 Å². The van der Waals surface area contributed by atoms with Gasteiger partial charge in [-0.15, -0.1) is 0 Å². The van der Waals surface area contributed by atoms with Crippen LogP contribution in [0.2, 0.25) is 5.02 Å². The Morgan fingerprint density at radius 3 is 2.80 bits per heavy atom. The molecule has 0 spiro atoms. The fraction of sp³-hybridized carbons (Fsp3) is 0.154. The zero-order chi connectivity index (χ0) is 14.7. The van der Waals surface area contributed by atoms with Crippen molar-refractivity contribution < 1.29 is 9.72 Å². The van der Waals surface area contributed by atoms with E-state index in [0.29, 0.717) is 0 Å². The van der Waals surface area contributed by atoms with Crippen LogP contribution < -0.4 is 5.32 Å². The number of nitro groups is 1. The summed E-state index contributed by atoms with van der Waals surface area (Å²) in [6.45, 7) is 1.84. The predicted octanol–water partition coefficient (Wildman–Crippen LogP) is 3.80. The number of nitro benzene ring substituents is 1. The van der Waals surface area contributed by atoms with Gasteiger partial charge in [-0.05, 0) is 35.4 Å². The van der Waals surface area contributed by atoms with E-state index in [4.69, 9.17) is 11.6 Å². The lowest BCUT2D eigenvalue weighted by Gasteiger charge is -2.13. The van der Waals surface area contributed by atoms with Crippen LogP contribution in [-0.2, 0) is 0 Å². The van der Waals surface area contributed by atoms with Crippen molar-refractivity contribution in [3.63, 3.8) is 0 Å². The summed E-state index contributed by atoms with van der Waals surface area (Å²) in [7, 11) is 0. The Morgan fingerprint density at radius 2 is 2.20 bits per heavy atom. The van der Waals surface area contributed by atoms with Crippen LogP contribution in [0.1, 0.15) is 28.9 Å². The molecule has 2 aromatic rings. The van der Waals surface area contributed by atoms with E-state index < -0.39 is 10.8 Å². The predicted molar refractivity (Wildman–Crippen MR) is 78.3 cm³/mol. The molecule has 104 valence electrons. The molecule has 0 fully saturated rings. The van der Waals surface area contributed by atoms with Crippen LogP contribution in [0.25, 0.3) is 0 Å². The molecule has 1 atom stereocenters. The van der Waals surface area contributed by atoms with Gasteiger partial charge in [0.05, 0.1) is 16.5 Å². The number of benzene rings is 1. The van der Waals surface area contributed by atoms with Gasteiger partial charge in [0.2, 0.25) is 0 Å². The van der Waals surface area contributed by atoms with E-state index in [0.717, 1.165) is 5.56 Å². The van der Waals surface area contributed by atoms with Gasteiger partial charge in [-0.1, -0.05) is 17.7 Å². The largest absolute Gasteiger partial charge is 0.345 e. The first-order valence-electron chi connectivity index (χ1n) is 5.76. The van der Waals surface area contributed by atoms with Crippen LogP contribution in [0.5, 0.6) is 0 Å². The summed E-state index contributed by atoms with van der Waals surface area (Å²) in [6, 6.07) is 5.88. The number of thiophene rings is 1. The van der Waals surface area contributed by atoms with Gasteiger partial charge in [0.25, 0.3) is 11.6 Å². The van der Waals surface area contributed by atoms with Crippen LogP contribution in [0, 0.1) is 10.1 Å². The topological polar surface area (TPSA) is 72.2 Å². The first-order valence-corrected chi connectivity index (χ1v) is 7.08. The average Bonchev–Trinajstić information content (AvgIpc) is 2.92. The highest BCUT2D eigenvalue weighted by Gasteiger charge is 2.21. The first-order chi connectivity index (χ1) is 9.50. The summed E-state index contributed by atoms with van der Waals surface area (Å²) in [5.41, 5.74) is 0.801. The molecule has 1 heterocycles. The molecular weight excluding hydrogens is 300 g/mol. The molecule has 0 radical (unpaired) electrons. The Hall–Kier alpha value is -1.92. The first kappa shape index (κ1) is 14.5. The average molecular weight is 311 g/mol. The van der Waals surface area contributed by atoms with E-state index in [1.54, 1.807) is 0 Å². The van der Waals surface area contributed by atoms with Gasteiger partial charge in [0.15, 0.2) is 0 Å². The fourth-order valence-electron chi connectivity index (χ4n) is 1.72. The minimum absolute atomic E-state index is 0.1000. The van der Waals surface area contributed by atoms with Crippen LogP contribution in [0.3, 0.4) is 0 Å². The van der Waals surface area contributed by atoms with E-state index in [-0.39, 0.29) is 22.3 Å². The van der Waals surface area contributed by atoms with Gasteiger partial charge in [-0.25, -0.2) is 0 Å². The molecule has 2 rings (SSSR count). The van der Waals surface area contributed by atoms with E-state index >= 15 is 0 Å². The number of halogens is 1. The molecule has 0 saturated heterocycles. The van der Waals surface area contributed by atoms with Crippen LogP contribution in [0.4, 0.5) is 5.69 Å². The van der Waals surface area contributed by atoms with Crippen molar-refractivity contribution >= 4 is 34.5 Å². The maximum Gasteiger partial charge on any atom is 0.288 e. The third kappa shape index (κ3) is 2.97. The molecule has 1 aromatic heterocycles. The number of amides is 1. The molecule has 1 N–H and O–H groups in total. The van der Waals surface area contributed by atoms with Gasteiger partial charge in [-0.2, -0.15) is 11.3 Å². The highest BCUT2D eigenvalue weighted by atomic mass is 35.5. The smallest absolute Gasteiger partial charge is 0.288 e. The standard InChI is InChI=1S/C13H11ClN2O3S/c1-8(9-5-6-20-7-9)15-13(17)10-3-2-4-11(12(10)14)16(18)19/h2-8H,1H3,(H,15,17). The zero-order valence-corrected chi connectivity index (χ0v) is 12.1. The maximum absolute atomic E-state index is 12.1. The van der Waals surface area contributed by atoms with Crippen molar-refractivity contribution in [2.24, 2.45) is 0 Å². The summed E-state index contributed by atoms with van der Waals surface area (Å²) >= 11 is 7.44. The van der Waals surface area contributed by atoms with E-state index in [9.17, 15) is 14.9 Å². The molecule has 0 bridgehead atoms. The van der Waals surface area contributed by atoms with Crippen molar-refractivity contribution in [1.29, 1.82) is 0 Å². The molecule has 1 aromatic carbocycles. The van der Waals surface area contributed by atoms with Crippen LogP contribution in [0.15, 0.2) is 35.0 Å². The van der Waals surface area contributed by atoms with Gasteiger partial charge < -0.3 is 5.32 Å². The molecule has 7 heteroatoms. The highest BCUT2D eigenvalue weighted by molar-refractivity contribution is 7.07. The monoisotopic (exact) mass is 310 g/mol. The summed E-state index contributed by atoms with van der Waals surface area (Å²) in [5, 5.41) is 17.3. The number of nitrogens with one attached hydrogen (secondary N) is 1. The van der Waals surface area contributed by atoms with E-state index in [2.05, 4.69) is 5.32 Å².